The predicted molar refractivity (Wildman–Crippen MR) is 76.3 cm³/mol. The van der Waals surface area contributed by atoms with Crippen LogP contribution in [0.1, 0.15) is 23.2 Å². The largest absolute Gasteiger partial charge is 0.317 e. The van der Waals surface area contributed by atoms with E-state index in [2.05, 4.69) is 27.9 Å². The Labute approximate surface area is 116 Å². The van der Waals surface area contributed by atoms with Crippen LogP contribution in [0.3, 0.4) is 0 Å². The summed E-state index contributed by atoms with van der Waals surface area (Å²) in [7, 11) is 0. The first-order chi connectivity index (χ1) is 7.27. The average molecular weight is 352 g/mol. The van der Waals surface area contributed by atoms with E-state index in [4.69, 9.17) is 0 Å². The summed E-state index contributed by atoms with van der Waals surface area (Å²) in [4.78, 5) is 12.1. The second kappa shape index (κ2) is 6.57. The first kappa shape index (κ1) is 13.9. The topological polar surface area (TPSA) is 29.1 Å². The third-order valence-electron chi connectivity index (χ3n) is 2.84. The number of rotatable bonds is 2. The number of Topliss-reactive ketones (excluding diaryl/α,β-unsaturated/α-hetero) is 1. The molecule has 1 fully saturated rings. The fourth-order valence-electron chi connectivity index (χ4n) is 1.93. The van der Waals surface area contributed by atoms with Gasteiger partial charge in [0.05, 0.1) is 0 Å². The van der Waals surface area contributed by atoms with Crippen molar-refractivity contribution in [2.75, 3.05) is 13.1 Å². The highest BCUT2D eigenvalue weighted by Gasteiger charge is 2.21. The molecule has 1 aliphatic heterocycles. The van der Waals surface area contributed by atoms with Gasteiger partial charge in [-0.1, -0.05) is 12.1 Å². The van der Waals surface area contributed by atoms with Gasteiger partial charge in [-0.2, -0.15) is 0 Å². The van der Waals surface area contributed by atoms with E-state index in [1.165, 1.54) is 3.57 Å². The molecule has 0 spiro atoms. The molecule has 88 valence electrons. The second-order valence-electron chi connectivity index (χ2n) is 3.90. The van der Waals surface area contributed by atoms with Crippen LogP contribution in [0.5, 0.6) is 0 Å². The van der Waals surface area contributed by atoms with Gasteiger partial charge in [0, 0.05) is 15.1 Å². The number of nitrogens with one attached hydrogen (secondary N) is 1. The van der Waals surface area contributed by atoms with Crippen molar-refractivity contribution in [2.45, 2.75) is 12.8 Å². The van der Waals surface area contributed by atoms with Gasteiger partial charge >= 0.3 is 0 Å². The molecule has 1 heterocycles. The average Bonchev–Trinajstić information content (AvgIpc) is 2.30. The molecule has 0 atom stereocenters. The van der Waals surface area contributed by atoms with Crippen LogP contribution in [-0.2, 0) is 0 Å². The smallest absolute Gasteiger partial charge is 0.166 e. The zero-order valence-electron chi connectivity index (χ0n) is 8.91. The zero-order valence-corrected chi connectivity index (χ0v) is 11.9. The molecule has 1 N–H and O–H groups in total. The van der Waals surface area contributed by atoms with Crippen molar-refractivity contribution in [3.8, 4) is 0 Å². The Morgan fingerprint density at radius 2 is 1.75 bits per heavy atom. The third kappa shape index (κ3) is 3.43. The third-order valence-corrected chi connectivity index (χ3v) is 3.56. The van der Waals surface area contributed by atoms with E-state index in [0.717, 1.165) is 31.5 Å². The molecule has 0 radical (unpaired) electrons. The molecule has 4 heteroatoms. The van der Waals surface area contributed by atoms with E-state index in [-0.39, 0.29) is 18.3 Å². The lowest BCUT2D eigenvalue weighted by atomic mass is 9.90. The van der Waals surface area contributed by atoms with Gasteiger partial charge in [-0.3, -0.25) is 4.79 Å². The summed E-state index contributed by atoms with van der Waals surface area (Å²) >= 11 is 2.25. The normalized spacial score (nSPS) is 16.6. The van der Waals surface area contributed by atoms with Crippen LogP contribution in [0.15, 0.2) is 24.3 Å². The van der Waals surface area contributed by atoms with E-state index in [0.29, 0.717) is 5.78 Å². The van der Waals surface area contributed by atoms with Crippen LogP contribution in [0.2, 0.25) is 0 Å². The Kier molecular flexibility index (Phi) is 5.72. The molecule has 0 bridgehead atoms. The number of carbonyl (C=O) groups is 1. The van der Waals surface area contributed by atoms with Crippen molar-refractivity contribution >= 4 is 40.8 Å². The number of hydrogen-bond acceptors (Lipinski definition) is 2. The fraction of sp³-hybridized carbons (Fsp3) is 0.417. The van der Waals surface area contributed by atoms with Crippen molar-refractivity contribution in [3.63, 3.8) is 0 Å². The van der Waals surface area contributed by atoms with Crippen LogP contribution in [0, 0.1) is 9.49 Å². The van der Waals surface area contributed by atoms with Gasteiger partial charge in [0.15, 0.2) is 5.78 Å². The standard InChI is InChI=1S/C12H14INO.ClH/c13-11-3-1-9(2-4-11)12(15)10-5-7-14-8-6-10;/h1-4,10,14H,5-8H2;1H. The van der Waals surface area contributed by atoms with E-state index in [1.807, 2.05) is 24.3 Å². The van der Waals surface area contributed by atoms with Crippen molar-refractivity contribution in [1.82, 2.24) is 5.32 Å². The number of ketones is 1. The molecule has 1 aromatic rings. The minimum atomic E-state index is 0. The predicted octanol–water partition coefficient (Wildman–Crippen LogP) is 2.90. The molecule has 1 aromatic carbocycles. The molecule has 0 saturated carbocycles. The quantitative estimate of drug-likeness (QED) is 0.656. The SMILES string of the molecule is Cl.O=C(c1ccc(I)cc1)C1CCNCC1. The van der Waals surface area contributed by atoms with Crippen molar-refractivity contribution in [2.24, 2.45) is 5.92 Å². The highest BCUT2D eigenvalue weighted by molar-refractivity contribution is 14.1. The summed E-state index contributed by atoms with van der Waals surface area (Å²) in [6, 6.07) is 7.86. The summed E-state index contributed by atoms with van der Waals surface area (Å²) in [5, 5.41) is 3.28. The van der Waals surface area contributed by atoms with Crippen LogP contribution >= 0.6 is 35.0 Å². The van der Waals surface area contributed by atoms with Gasteiger partial charge in [0.2, 0.25) is 0 Å². The molecule has 16 heavy (non-hydrogen) atoms. The number of carbonyl (C=O) groups excluding carboxylic acids is 1. The highest BCUT2D eigenvalue weighted by atomic mass is 127. The maximum absolute atomic E-state index is 12.1. The highest BCUT2D eigenvalue weighted by Crippen LogP contribution is 2.18. The summed E-state index contributed by atoms with van der Waals surface area (Å²) in [6.45, 7) is 1.95. The van der Waals surface area contributed by atoms with E-state index in [1.54, 1.807) is 0 Å². The van der Waals surface area contributed by atoms with Gasteiger partial charge in [-0.05, 0) is 60.7 Å². The minimum absolute atomic E-state index is 0. The van der Waals surface area contributed by atoms with Gasteiger partial charge < -0.3 is 5.32 Å². The zero-order chi connectivity index (χ0) is 10.7. The molecular formula is C12H15ClINO. The minimum Gasteiger partial charge on any atom is -0.317 e. The number of hydrogen-bond donors (Lipinski definition) is 1. The molecule has 0 amide bonds. The van der Waals surface area contributed by atoms with Crippen molar-refractivity contribution in [1.29, 1.82) is 0 Å². The van der Waals surface area contributed by atoms with Crippen LogP contribution in [-0.4, -0.2) is 18.9 Å². The Morgan fingerprint density at radius 3 is 2.31 bits per heavy atom. The van der Waals surface area contributed by atoms with Crippen LogP contribution in [0.25, 0.3) is 0 Å². The molecule has 2 nitrogen and oxygen atoms in total. The molecule has 0 unspecified atom stereocenters. The lowest BCUT2D eigenvalue weighted by Gasteiger charge is -2.21. The van der Waals surface area contributed by atoms with Gasteiger partial charge in [0.1, 0.15) is 0 Å². The summed E-state index contributed by atoms with van der Waals surface area (Å²) in [6.07, 6.45) is 1.95. The van der Waals surface area contributed by atoms with E-state index >= 15 is 0 Å². The summed E-state index contributed by atoms with van der Waals surface area (Å²) in [5.41, 5.74) is 0.863. The number of piperidine rings is 1. The fourth-order valence-corrected chi connectivity index (χ4v) is 2.29. The Morgan fingerprint density at radius 1 is 1.19 bits per heavy atom. The number of benzene rings is 1. The lowest BCUT2D eigenvalue weighted by Crippen LogP contribution is -2.31. The number of halogens is 2. The Hall–Kier alpha value is -0.130. The van der Waals surface area contributed by atoms with Gasteiger partial charge in [0.25, 0.3) is 0 Å². The maximum Gasteiger partial charge on any atom is 0.166 e. The Balaban J connectivity index is 0.00000128. The van der Waals surface area contributed by atoms with Crippen LogP contribution < -0.4 is 5.32 Å². The van der Waals surface area contributed by atoms with E-state index in [9.17, 15) is 4.79 Å². The summed E-state index contributed by atoms with van der Waals surface area (Å²) < 4.78 is 1.18. The molecule has 0 aliphatic carbocycles. The van der Waals surface area contributed by atoms with Crippen molar-refractivity contribution < 1.29 is 4.79 Å². The first-order valence-electron chi connectivity index (χ1n) is 5.28. The van der Waals surface area contributed by atoms with Gasteiger partial charge in [-0.15, -0.1) is 12.4 Å². The summed E-state index contributed by atoms with van der Waals surface area (Å²) in [5.74, 6) is 0.541. The molecule has 1 aliphatic rings. The maximum atomic E-state index is 12.1. The van der Waals surface area contributed by atoms with Gasteiger partial charge in [-0.25, -0.2) is 0 Å². The van der Waals surface area contributed by atoms with E-state index < -0.39 is 0 Å². The Bertz CT molecular complexity index is 347. The first-order valence-corrected chi connectivity index (χ1v) is 6.36. The molecule has 1 saturated heterocycles. The van der Waals surface area contributed by atoms with Crippen LogP contribution in [0.4, 0.5) is 0 Å². The lowest BCUT2D eigenvalue weighted by molar-refractivity contribution is 0.0895. The monoisotopic (exact) mass is 351 g/mol. The van der Waals surface area contributed by atoms with Crippen molar-refractivity contribution in [3.05, 3.63) is 33.4 Å². The molecule has 2 rings (SSSR count). The molecule has 0 aromatic heterocycles. The second-order valence-corrected chi connectivity index (χ2v) is 5.14. The molecular weight excluding hydrogens is 336 g/mol.